The highest BCUT2D eigenvalue weighted by atomic mass is 16.5. The normalized spacial score (nSPS) is 10.3. The first kappa shape index (κ1) is 12.2. The predicted octanol–water partition coefficient (Wildman–Crippen LogP) is 2.01. The largest absolute Gasteiger partial charge is 0.488 e. The summed E-state index contributed by atoms with van der Waals surface area (Å²) in [4.78, 5) is 11.1. The highest BCUT2D eigenvalue weighted by molar-refractivity contribution is 5.91. The van der Waals surface area contributed by atoms with Gasteiger partial charge in [0.1, 0.15) is 17.9 Å². The number of aryl methyl sites for hydroxylation is 2. The van der Waals surface area contributed by atoms with Crippen LogP contribution in [0.4, 0.5) is 0 Å². The van der Waals surface area contributed by atoms with Crippen molar-refractivity contribution in [2.24, 2.45) is 7.05 Å². The maximum atomic E-state index is 11.1. The molecule has 0 atom stereocenters. The molecule has 0 saturated carbocycles. The second-order valence-corrected chi connectivity index (χ2v) is 4.12. The number of carbonyl (C=O) groups is 1. The second-order valence-electron chi connectivity index (χ2n) is 4.12. The summed E-state index contributed by atoms with van der Waals surface area (Å²) in [6.07, 6.45) is 3.52. The molecule has 18 heavy (non-hydrogen) atoms. The molecule has 2 aromatic rings. The molecule has 0 aliphatic rings. The molecule has 1 heterocycles. The molecule has 0 aliphatic heterocycles. The van der Waals surface area contributed by atoms with Crippen LogP contribution in [0.1, 0.15) is 21.5 Å². The standard InChI is InChI=1S/C13H14N2O3/c1-9-3-4-12(11(5-9)13(16)17)18-8-10-6-14-15(2)7-10/h3-7H,8H2,1-2H3,(H,16,17). The summed E-state index contributed by atoms with van der Waals surface area (Å²) in [5, 5.41) is 13.1. The van der Waals surface area contributed by atoms with Gasteiger partial charge in [-0.3, -0.25) is 4.68 Å². The summed E-state index contributed by atoms with van der Waals surface area (Å²) in [6.45, 7) is 2.15. The molecule has 1 aromatic carbocycles. The fourth-order valence-corrected chi connectivity index (χ4v) is 1.64. The molecule has 2 rings (SSSR count). The number of nitrogens with zero attached hydrogens (tertiary/aromatic N) is 2. The van der Waals surface area contributed by atoms with Crippen LogP contribution in [0, 0.1) is 6.92 Å². The Labute approximate surface area is 105 Å². The van der Waals surface area contributed by atoms with Gasteiger partial charge in [-0.1, -0.05) is 11.6 Å². The fourth-order valence-electron chi connectivity index (χ4n) is 1.64. The number of rotatable bonds is 4. The van der Waals surface area contributed by atoms with Gasteiger partial charge in [-0.25, -0.2) is 4.79 Å². The minimum atomic E-state index is -0.986. The summed E-state index contributed by atoms with van der Waals surface area (Å²) < 4.78 is 7.19. The van der Waals surface area contributed by atoms with E-state index in [9.17, 15) is 4.79 Å². The van der Waals surface area contributed by atoms with Crippen molar-refractivity contribution in [2.75, 3.05) is 0 Å². The van der Waals surface area contributed by atoms with Crippen molar-refractivity contribution in [1.82, 2.24) is 9.78 Å². The minimum absolute atomic E-state index is 0.180. The Kier molecular flexibility index (Phi) is 3.32. The first-order valence-electron chi connectivity index (χ1n) is 5.50. The van der Waals surface area contributed by atoms with E-state index in [1.165, 1.54) is 0 Å². The SMILES string of the molecule is Cc1ccc(OCc2cnn(C)c2)c(C(=O)O)c1. The van der Waals surface area contributed by atoms with Crippen LogP contribution in [-0.2, 0) is 13.7 Å². The first-order valence-corrected chi connectivity index (χ1v) is 5.50. The molecule has 0 unspecified atom stereocenters. The van der Waals surface area contributed by atoms with Gasteiger partial charge in [0, 0.05) is 18.8 Å². The van der Waals surface area contributed by atoms with E-state index in [-0.39, 0.29) is 5.56 Å². The van der Waals surface area contributed by atoms with Crippen LogP contribution in [0.3, 0.4) is 0 Å². The summed E-state index contributed by atoms with van der Waals surface area (Å²) >= 11 is 0. The van der Waals surface area contributed by atoms with E-state index in [0.717, 1.165) is 11.1 Å². The molecule has 94 valence electrons. The molecular formula is C13H14N2O3. The average Bonchev–Trinajstić information content (AvgIpc) is 2.73. The molecule has 5 heteroatoms. The Balaban J connectivity index is 2.16. The zero-order valence-corrected chi connectivity index (χ0v) is 10.3. The lowest BCUT2D eigenvalue weighted by Gasteiger charge is -2.08. The van der Waals surface area contributed by atoms with Gasteiger partial charge < -0.3 is 9.84 Å². The fraction of sp³-hybridized carbons (Fsp3) is 0.231. The highest BCUT2D eigenvalue weighted by Gasteiger charge is 2.11. The minimum Gasteiger partial charge on any atom is -0.488 e. The number of hydrogen-bond acceptors (Lipinski definition) is 3. The van der Waals surface area contributed by atoms with Crippen LogP contribution in [0.5, 0.6) is 5.75 Å². The lowest BCUT2D eigenvalue weighted by Crippen LogP contribution is -2.03. The zero-order chi connectivity index (χ0) is 13.1. The molecule has 0 amide bonds. The van der Waals surface area contributed by atoms with Gasteiger partial charge in [-0.2, -0.15) is 5.10 Å². The third-order valence-electron chi connectivity index (χ3n) is 2.52. The molecule has 0 spiro atoms. The van der Waals surface area contributed by atoms with Crippen LogP contribution < -0.4 is 4.74 Å². The van der Waals surface area contributed by atoms with E-state index in [1.807, 2.05) is 26.2 Å². The van der Waals surface area contributed by atoms with E-state index in [1.54, 1.807) is 23.0 Å². The zero-order valence-electron chi connectivity index (χ0n) is 10.3. The Hall–Kier alpha value is -2.30. The maximum absolute atomic E-state index is 11.1. The van der Waals surface area contributed by atoms with Crippen LogP contribution in [-0.4, -0.2) is 20.9 Å². The van der Waals surface area contributed by atoms with Gasteiger partial charge in [0.2, 0.25) is 0 Å². The molecular weight excluding hydrogens is 232 g/mol. The number of aromatic carboxylic acids is 1. The molecule has 0 aliphatic carbocycles. The quantitative estimate of drug-likeness (QED) is 0.896. The number of carboxylic acids is 1. The predicted molar refractivity (Wildman–Crippen MR) is 65.7 cm³/mol. The average molecular weight is 246 g/mol. The summed E-state index contributed by atoms with van der Waals surface area (Å²) in [6, 6.07) is 5.10. The summed E-state index contributed by atoms with van der Waals surface area (Å²) in [5.74, 6) is -0.614. The Morgan fingerprint density at radius 3 is 2.89 bits per heavy atom. The van der Waals surface area contributed by atoms with Gasteiger partial charge >= 0.3 is 5.97 Å². The van der Waals surface area contributed by atoms with Crippen LogP contribution in [0.15, 0.2) is 30.6 Å². The Morgan fingerprint density at radius 2 is 2.28 bits per heavy atom. The molecule has 1 aromatic heterocycles. The van der Waals surface area contributed by atoms with E-state index < -0.39 is 5.97 Å². The molecule has 5 nitrogen and oxygen atoms in total. The van der Waals surface area contributed by atoms with Gasteiger partial charge in [0.05, 0.1) is 6.20 Å². The number of ether oxygens (including phenoxy) is 1. The van der Waals surface area contributed by atoms with Crippen molar-refractivity contribution in [1.29, 1.82) is 0 Å². The summed E-state index contributed by atoms with van der Waals surface area (Å²) in [7, 11) is 1.82. The molecule has 1 N–H and O–H groups in total. The number of carboxylic acid groups (broad SMARTS) is 1. The third-order valence-corrected chi connectivity index (χ3v) is 2.52. The maximum Gasteiger partial charge on any atom is 0.339 e. The van der Waals surface area contributed by atoms with E-state index >= 15 is 0 Å². The van der Waals surface area contributed by atoms with Crippen molar-refractivity contribution in [3.63, 3.8) is 0 Å². The second kappa shape index (κ2) is 4.91. The van der Waals surface area contributed by atoms with Crippen molar-refractivity contribution in [3.05, 3.63) is 47.3 Å². The van der Waals surface area contributed by atoms with Crippen molar-refractivity contribution in [3.8, 4) is 5.75 Å². The van der Waals surface area contributed by atoms with E-state index in [0.29, 0.717) is 12.4 Å². The van der Waals surface area contributed by atoms with Crippen LogP contribution in [0.25, 0.3) is 0 Å². The summed E-state index contributed by atoms with van der Waals surface area (Å²) in [5.41, 5.74) is 1.97. The molecule has 0 saturated heterocycles. The van der Waals surface area contributed by atoms with Crippen molar-refractivity contribution < 1.29 is 14.6 Å². The number of hydrogen-bond donors (Lipinski definition) is 1. The first-order chi connectivity index (χ1) is 8.56. The van der Waals surface area contributed by atoms with Gasteiger partial charge in [-0.05, 0) is 19.1 Å². The monoisotopic (exact) mass is 246 g/mol. The van der Waals surface area contributed by atoms with Crippen LogP contribution in [0.2, 0.25) is 0 Å². The number of benzene rings is 1. The smallest absolute Gasteiger partial charge is 0.339 e. The lowest BCUT2D eigenvalue weighted by molar-refractivity contribution is 0.0691. The highest BCUT2D eigenvalue weighted by Crippen LogP contribution is 2.21. The van der Waals surface area contributed by atoms with Crippen molar-refractivity contribution in [2.45, 2.75) is 13.5 Å². The van der Waals surface area contributed by atoms with E-state index in [4.69, 9.17) is 9.84 Å². The molecule has 0 radical (unpaired) electrons. The topological polar surface area (TPSA) is 64.4 Å². The van der Waals surface area contributed by atoms with Gasteiger partial charge in [0.15, 0.2) is 0 Å². The number of aromatic nitrogens is 2. The molecule has 0 bridgehead atoms. The van der Waals surface area contributed by atoms with E-state index in [2.05, 4.69) is 5.10 Å². The van der Waals surface area contributed by atoms with Gasteiger partial charge in [0.25, 0.3) is 0 Å². The van der Waals surface area contributed by atoms with Crippen LogP contribution >= 0.6 is 0 Å². The van der Waals surface area contributed by atoms with Crippen molar-refractivity contribution >= 4 is 5.97 Å². The molecule has 0 fully saturated rings. The third kappa shape index (κ3) is 2.68. The Bertz CT molecular complexity index is 575. The Morgan fingerprint density at radius 1 is 1.50 bits per heavy atom. The lowest BCUT2D eigenvalue weighted by atomic mass is 10.1. The van der Waals surface area contributed by atoms with Gasteiger partial charge in [-0.15, -0.1) is 0 Å².